The highest BCUT2D eigenvalue weighted by atomic mass is 16.5. The summed E-state index contributed by atoms with van der Waals surface area (Å²) in [5.74, 6) is 2.72. The molecule has 2 aromatic carbocycles. The molecule has 0 spiro atoms. The fraction of sp³-hybridized carbons (Fsp3) is 0.538. The highest BCUT2D eigenvalue weighted by Gasteiger charge is 2.29. The number of ether oxygens (including phenoxy) is 2. The average molecular weight is 413 g/mol. The van der Waals surface area contributed by atoms with Gasteiger partial charge in [-0.1, -0.05) is 0 Å². The van der Waals surface area contributed by atoms with E-state index in [1.807, 2.05) is 39.8 Å². The minimum atomic E-state index is -0.0822. The first-order chi connectivity index (χ1) is 13.8. The molecule has 0 aliphatic carbocycles. The van der Waals surface area contributed by atoms with Gasteiger partial charge in [-0.05, 0) is 127 Å². The van der Waals surface area contributed by atoms with Gasteiger partial charge in [-0.15, -0.1) is 0 Å². The van der Waals surface area contributed by atoms with Crippen molar-refractivity contribution >= 4 is 0 Å². The van der Waals surface area contributed by atoms with Gasteiger partial charge in [0.1, 0.15) is 34.2 Å². The maximum absolute atomic E-state index is 9.73. The summed E-state index contributed by atoms with van der Waals surface area (Å²) in [6.07, 6.45) is 3.97. The fourth-order valence-electron chi connectivity index (χ4n) is 4.07. The van der Waals surface area contributed by atoms with Crippen LogP contribution in [0.5, 0.6) is 23.0 Å². The van der Waals surface area contributed by atoms with Crippen LogP contribution in [0.4, 0.5) is 0 Å². The van der Waals surface area contributed by atoms with Gasteiger partial charge < -0.3 is 19.7 Å². The van der Waals surface area contributed by atoms with E-state index < -0.39 is 0 Å². The average Bonchev–Trinajstić information content (AvgIpc) is 2.66. The minimum Gasteiger partial charge on any atom is -0.508 e. The normalized spacial score (nSPS) is 18.1. The molecule has 4 rings (SSSR count). The quantitative estimate of drug-likeness (QED) is 0.539. The molecule has 0 atom stereocenters. The van der Waals surface area contributed by atoms with Crippen LogP contribution in [0, 0.1) is 27.7 Å². The maximum atomic E-state index is 9.73. The second-order valence-electron chi connectivity index (χ2n) is 9.99. The van der Waals surface area contributed by atoms with Crippen molar-refractivity contribution < 1.29 is 19.7 Å². The van der Waals surface area contributed by atoms with Gasteiger partial charge in [0.05, 0.1) is 0 Å². The molecule has 2 aromatic rings. The Kier molecular flexibility index (Phi) is 5.74. The highest BCUT2D eigenvalue weighted by molar-refractivity contribution is 5.54. The van der Waals surface area contributed by atoms with Crippen LogP contribution in [0.3, 0.4) is 0 Å². The van der Waals surface area contributed by atoms with E-state index in [0.29, 0.717) is 11.5 Å². The van der Waals surface area contributed by atoms with Gasteiger partial charge in [0.25, 0.3) is 0 Å². The van der Waals surface area contributed by atoms with E-state index in [9.17, 15) is 10.2 Å². The topological polar surface area (TPSA) is 58.9 Å². The molecule has 0 unspecified atom stereocenters. The van der Waals surface area contributed by atoms with Crippen molar-refractivity contribution in [3.63, 3.8) is 0 Å². The minimum absolute atomic E-state index is 0.0822. The largest absolute Gasteiger partial charge is 0.508 e. The van der Waals surface area contributed by atoms with Gasteiger partial charge >= 0.3 is 0 Å². The molecule has 30 heavy (non-hydrogen) atoms. The molecule has 2 aliphatic rings. The maximum Gasteiger partial charge on any atom is 0.126 e. The first-order valence-corrected chi connectivity index (χ1v) is 10.8. The summed E-state index contributed by atoms with van der Waals surface area (Å²) in [4.78, 5) is 0. The molecule has 0 fully saturated rings. The molecule has 0 bridgehead atoms. The lowest BCUT2D eigenvalue weighted by atomic mass is 9.91. The second kappa shape index (κ2) is 7.72. The van der Waals surface area contributed by atoms with Gasteiger partial charge in [0.15, 0.2) is 0 Å². The lowest BCUT2D eigenvalue weighted by molar-refractivity contribution is 0.0831. The van der Waals surface area contributed by atoms with Crippen molar-refractivity contribution in [1.29, 1.82) is 0 Å². The second-order valence-corrected chi connectivity index (χ2v) is 9.99. The van der Waals surface area contributed by atoms with Crippen LogP contribution in [0.1, 0.15) is 73.9 Å². The summed E-state index contributed by atoms with van der Waals surface area (Å²) in [7, 11) is 0. The number of benzene rings is 2. The van der Waals surface area contributed by atoms with Crippen molar-refractivity contribution in [2.75, 3.05) is 0 Å². The van der Waals surface area contributed by atoms with Crippen LogP contribution in [0.2, 0.25) is 0 Å². The Bertz CT molecular complexity index is 890. The van der Waals surface area contributed by atoms with Gasteiger partial charge in [0.2, 0.25) is 0 Å². The van der Waals surface area contributed by atoms with Gasteiger partial charge in [-0.25, -0.2) is 0 Å². The molecule has 2 N–H and O–H groups in total. The highest BCUT2D eigenvalue weighted by Crippen LogP contribution is 2.41. The molecule has 0 radical (unpaired) electrons. The van der Waals surface area contributed by atoms with Crippen molar-refractivity contribution in [2.24, 2.45) is 0 Å². The number of aromatic hydroxyl groups is 2. The van der Waals surface area contributed by atoms with Crippen LogP contribution in [0.15, 0.2) is 12.1 Å². The lowest BCUT2D eigenvalue weighted by Crippen LogP contribution is -2.33. The number of hydrogen-bond donors (Lipinski definition) is 2. The molecule has 0 saturated heterocycles. The van der Waals surface area contributed by atoms with E-state index in [0.717, 1.165) is 70.6 Å². The number of hydrogen-bond acceptors (Lipinski definition) is 4. The predicted octanol–water partition coefficient (Wildman–Crippen LogP) is 6.23. The Morgan fingerprint density at radius 1 is 0.633 bits per heavy atom. The van der Waals surface area contributed by atoms with Crippen LogP contribution < -0.4 is 9.47 Å². The van der Waals surface area contributed by atoms with E-state index in [2.05, 4.69) is 27.7 Å². The molecule has 4 heteroatoms. The number of fused-ring (bicyclic) bond motifs is 2. The first kappa shape index (κ1) is 22.3. The van der Waals surface area contributed by atoms with E-state index in [1.54, 1.807) is 0 Å². The van der Waals surface area contributed by atoms with Crippen LogP contribution in [-0.2, 0) is 12.8 Å². The lowest BCUT2D eigenvalue weighted by Gasteiger charge is -2.34. The Labute approximate surface area is 180 Å². The molecule has 2 heterocycles. The van der Waals surface area contributed by atoms with E-state index in [1.165, 1.54) is 0 Å². The third kappa shape index (κ3) is 4.38. The van der Waals surface area contributed by atoms with Crippen LogP contribution >= 0.6 is 0 Å². The van der Waals surface area contributed by atoms with E-state index in [4.69, 9.17) is 9.47 Å². The third-order valence-corrected chi connectivity index (χ3v) is 6.53. The first-order valence-electron chi connectivity index (χ1n) is 10.8. The number of rotatable bonds is 0. The molecular weight excluding hydrogens is 376 g/mol. The monoisotopic (exact) mass is 412 g/mol. The Balaban J connectivity index is 0.000000171. The zero-order valence-corrected chi connectivity index (χ0v) is 19.7. The number of phenolic OH excluding ortho intramolecular Hbond substituents is 2. The smallest absolute Gasteiger partial charge is 0.126 e. The molecular formula is C26H36O4. The predicted molar refractivity (Wildman–Crippen MR) is 121 cm³/mol. The fourth-order valence-corrected chi connectivity index (χ4v) is 4.07. The molecule has 4 nitrogen and oxygen atoms in total. The standard InChI is InChI=1S/2C13H18O2/c2*1-8-9(2)12-10(7-11(8)14)5-6-13(3,4)15-12/h2*7,14H,5-6H2,1-4H3. The summed E-state index contributed by atoms with van der Waals surface area (Å²) in [6, 6.07) is 3.68. The summed E-state index contributed by atoms with van der Waals surface area (Å²) in [6.45, 7) is 16.3. The van der Waals surface area contributed by atoms with Gasteiger partial charge in [0, 0.05) is 0 Å². The van der Waals surface area contributed by atoms with E-state index in [-0.39, 0.29) is 11.2 Å². The third-order valence-electron chi connectivity index (χ3n) is 6.53. The van der Waals surface area contributed by atoms with Gasteiger partial charge in [-0.2, -0.15) is 0 Å². The van der Waals surface area contributed by atoms with Crippen molar-refractivity contribution in [3.05, 3.63) is 45.5 Å². The van der Waals surface area contributed by atoms with Crippen LogP contribution in [0.25, 0.3) is 0 Å². The summed E-state index contributed by atoms with van der Waals surface area (Å²) >= 11 is 0. The number of aryl methyl sites for hydroxylation is 2. The van der Waals surface area contributed by atoms with Crippen molar-refractivity contribution in [2.45, 2.75) is 92.3 Å². The summed E-state index contributed by atoms with van der Waals surface area (Å²) in [5.41, 5.74) is 6.08. The Hall–Kier alpha value is -2.36. The SMILES string of the molecule is Cc1c(O)cc2c(c1C)OC(C)(C)CC2.Cc1c(O)cc2c(c1C)OC(C)(C)CC2. The molecule has 0 amide bonds. The zero-order chi connectivity index (χ0) is 22.4. The van der Waals surface area contributed by atoms with Crippen molar-refractivity contribution in [3.8, 4) is 23.0 Å². The molecule has 0 saturated carbocycles. The van der Waals surface area contributed by atoms with Crippen molar-refractivity contribution in [1.82, 2.24) is 0 Å². The molecule has 0 aromatic heterocycles. The van der Waals surface area contributed by atoms with E-state index >= 15 is 0 Å². The summed E-state index contributed by atoms with van der Waals surface area (Å²) < 4.78 is 11.9. The summed E-state index contributed by atoms with van der Waals surface area (Å²) in [5, 5.41) is 19.5. The Morgan fingerprint density at radius 3 is 1.30 bits per heavy atom. The molecule has 164 valence electrons. The molecule has 2 aliphatic heterocycles. The van der Waals surface area contributed by atoms with Crippen LogP contribution in [-0.4, -0.2) is 21.4 Å². The number of phenols is 2. The van der Waals surface area contributed by atoms with Gasteiger partial charge in [-0.3, -0.25) is 0 Å². The zero-order valence-electron chi connectivity index (χ0n) is 19.7. The Morgan fingerprint density at radius 2 is 0.967 bits per heavy atom.